The van der Waals surface area contributed by atoms with E-state index in [4.69, 9.17) is 5.11 Å². The second-order valence-electron chi connectivity index (χ2n) is 4.74. The number of anilines is 1. The van der Waals surface area contributed by atoms with E-state index >= 15 is 0 Å². The van der Waals surface area contributed by atoms with Crippen molar-refractivity contribution >= 4 is 17.7 Å². The third kappa shape index (κ3) is 4.61. The fourth-order valence-corrected chi connectivity index (χ4v) is 1.61. The molecule has 22 heavy (non-hydrogen) atoms. The lowest BCUT2D eigenvalue weighted by Crippen LogP contribution is -2.36. The molecule has 1 rings (SSSR count). The topological polar surface area (TPSA) is 69.6 Å². The van der Waals surface area contributed by atoms with E-state index in [1.54, 1.807) is 0 Å². The van der Waals surface area contributed by atoms with Gasteiger partial charge in [0.1, 0.15) is 5.82 Å². The molecule has 0 fully saturated rings. The summed E-state index contributed by atoms with van der Waals surface area (Å²) in [5.41, 5.74) is -1.74. The summed E-state index contributed by atoms with van der Waals surface area (Å²) in [6.45, 7) is 1.25. The Hall–Kier alpha value is -2.32. The first kappa shape index (κ1) is 17.7. The summed E-state index contributed by atoms with van der Waals surface area (Å²) in [7, 11) is 1.29. The average molecular weight is 322 g/mol. The van der Waals surface area contributed by atoms with Crippen LogP contribution in [-0.2, 0) is 11.0 Å². The molecule has 1 aromatic rings. The highest BCUT2D eigenvalue weighted by molar-refractivity contribution is 5.89. The number of amides is 2. The summed E-state index contributed by atoms with van der Waals surface area (Å²) in [6.07, 6.45) is -4.88. The maximum absolute atomic E-state index is 13.1. The molecular formula is C13H14F4N2O3. The lowest BCUT2D eigenvalue weighted by atomic mass is 10.1. The fraction of sp³-hybridized carbons (Fsp3) is 0.385. The molecule has 1 aromatic carbocycles. The van der Waals surface area contributed by atoms with Gasteiger partial charge in [-0.2, -0.15) is 13.2 Å². The number of carbonyl (C=O) groups excluding carboxylic acids is 1. The maximum atomic E-state index is 13.1. The minimum absolute atomic E-state index is 0.130. The number of hydrogen-bond acceptors (Lipinski definition) is 2. The minimum Gasteiger partial charge on any atom is -0.481 e. The van der Waals surface area contributed by atoms with Gasteiger partial charge in [0.2, 0.25) is 0 Å². The van der Waals surface area contributed by atoms with Gasteiger partial charge in [0, 0.05) is 19.3 Å². The Kier molecular flexibility index (Phi) is 5.34. The summed E-state index contributed by atoms with van der Waals surface area (Å²) < 4.78 is 50.8. The second kappa shape index (κ2) is 6.63. The van der Waals surface area contributed by atoms with Crippen molar-refractivity contribution in [3.05, 3.63) is 29.6 Å². The number of hydrogen-bond donors (Lipinski definition) is 2. The molecule has 5 nitrogen and oxygen atoms in total. The van der Waals surface area contributed by atoms with Crippen molar-refractivity contribution in [1.82, 2.24) is 4.90 Å². The molecule has 0 spiro atoms. The van der Waals surface area contributed by atoms with E-state index in [1.165, 1.54) is 14.0 Å². The van der Waals surface area contributed by atoms with Gasteiger partial charge in [-0.15, -0.1) is 0 Å². The Balaban J connectivity index is 2.83. The first-order valence-corrected chi connectivity index (χ1v) is 6.14. The van der Waals surface area contributed by atoms with Gasteiger partial charge in [-0.25, -0.2) is 9.18 Å². The molecule has 0 saturated carbocycles. The van der Waals surface area contributed by atoms with Crippen LogP contribution in [0.1, 0.15) is 12.5 Å². The number of carboxylic acid groups (broad SMARTS) is 1. The summed E-state index contributed by atoms with van der Waals surface area (Å²) in [6, 6.07) is 1.25. The summed E-state index contributed by atoms with van der Waals surface area (Å²) in [4.78, 5) is 23.5. The molecule has 0 radical (unpaired) electrons. The summed E-state index contributed by atoms with van der Waals surface area (Å²) in [5.74, 6) is -3.39. The smallest absolute Gasteiger partial charge is 0.419 e. The molecule has 1 unspecified atom stereocenters. The zero-order valence-corrected chi connectivity index (χ0v) is 11.7. The van der Waals surface area contributed by atoms with E-state index in [9.17, 15) is 27.2 Å². The van der Waals surface area contributed by atoms with Crippen LogP contribution in [0.25, 0.3) is 0 Å². The van der Waals surface area contributed by atoms with E-state index in [-0.39, 0.29) is 12.2 Å². The van der Waals surface area contributed by atoms with Crippen LogP contribution in [-0.4, -0.2) is 35.6 Å². The number of rotatable bonds is 4. The van der Waals surface area contributed by atoms with E-state index in [0.29, 0.717) is 12.1 Å². The molecule has 1 atom stereocenters. The van der Waals surface area contributed by atoms with Gasteiger partial charge in [0.15, 0.2) is 0 Å². The highest BCUT2D eigenvalue weighted by Crippen LogP contribution is 2.33. The predicted octanol–water partition coefficient (Wildman–Crippen LogP) is 3.03. The fourth-order valence-electron chi connectivity index (χ4n) is 1.61. The lowest BCUT2D eigenvalue weighted by Gasteiger charge is -2.20. The molecule has 0 bridgehead atoms. The summed E-state index contributed by atoms with van der Waals surface area (Å²) in [5, 5.41) is 10.9. The molecular weight excluding hydrogens is 308 g/mol. The number of benzene rings is 1. The van der Waals surface area contributed by atoms with Crippen LogP contribution >= 0.6 is 0 Å². The lowest BCUT2D eigenvalue weighted by molar-refractivity contribution is -0.141. The Morgan fingerprint density at radius 2 is 1.95 bits per heavy atom. The van der Waals surface area contributed by atoms with Crippen LogP contribution < -0.4 is 5.32 Å². The van der Waals surface area contributed by atoms with Crippen molar-refractivity contribution in [1.29, 1.82) is 0 Å². The van der Waals surface area contributed by atoms with E-state index in [0.717, 1.165) is 11.0 Å². The van der Waals surface area contributed by atoms with Gasteiger partial charge in [-0.05, 0) is 18.2 Å². The molecule has 0 aliphatic heterocycles. The highest BCUT2D eigenvalue weighted by atomic mass is 19.4. The van der Waals surface area contributed by atoms with Crippen molar-refractivity contribution in [3.8, 4) is 0 Å². The SMILES string of the molecule is CC(CN(C)C(=O)Nc1ccc(F)c(C(F)(F)F)c1)C(=O)O. The molecule has 0 aliphatic rings. The van der Waals surface area contributed by atoms with E-state index in [2.05, 4.69) is 5.32 Å². The quantitative estimate of drug-likeness (QED) is 0.837. The first-order chi connectivity index (χ1) is 10.0. The number of aliphatic carboxylic acids is 1. The van der Waals surface area contributed by atoms with Gasteiger partial charge in [-0.3, -0.25) is 4.79 Å². The number of alkyl halides is 3. The molecule has 0 aromatic heterocycles. The first-order valence-electron chi connectivity index (χ1n) is 6.14. The third-order valence-electron chi connectivity index (χ3n) is 2.84. The Morgan fingerprint density at radius 1 is 1.36 bits per heavy atom. The van der Waals surface area contributed by atoms with E-state index < -0.39 is 35.5 Å². The number of carboxylic acids is 1. The van der Waals surface area contributed by atoms with Crippen LogP contribution in [0.15, 0.2) is 18.2 Å². The predicted molar refractivity (Wildman–Crippen MR) is 69.9 cm³/mol. The van der Waals surface area contributed by atoms with Gasteiger partial charge in [-0.1, -0.05) is 6.92 Å². The van der Waals surface area contributed by atoms with E-state index in [1.807, 2.05) is 0 Å². The third-order valence-corrected chi connectivity index (χ3v) is 2.84. The molecule has 0 aliphatic carbocycles. The monoisotopic (exact) mass is 322 g/mol. The van der Waals surface area contributed by atoms with Crippen molar-refractivity contribution in [2.75, 3.05) is 18.9 Å². The normalized spacial score (nSPS) is 12.6. The largest absolute Gasteiger partial charge is 0.481 e. The second-order valence-corrected chi connectivity index (χ2v) is 4.74. The van der Waals surface area contributed by atoms with Crippen molar-refractivity contribution in [3.63, 3.8) is 0 Å². The van der Waals surface area contributed by atoms with Crippen LogP contribution in [0.3, 0.4) is 0 Å². The Bertz CT molecular complexity index is 575. The molecule has 2 amide bonds. The van der Waals surface area contributed by atoms with Crippen LogP contribution in [0, 0.1) is 11.7 Å². The molecule has 9 heteroatoms. The molecule has 0 heterocycles. The minimum atomic E-state index is -4.88. The molecule has 0 saturated heterocycles. The molecule has 122 valence electrons. The average Bonchev–Trinajstić information content (AvgIpc) is 2.39. The van der Waals surface area contributed by atoms with Crippen molar-refractivity contribution < 1.29 is 32.3 Å². The number of urea groups is 1. The summed E-state index contributed by atoms with van der Waals surface area (Å²) >= 11 is 0. The van der Waals surface area contributed by atoms with Crippen molar-refractivity contribution in [2.24, 2.45) is 5.92 Å². The standard InChI is InChI=1S/C13H14F4N2O3/c1-7(11(20)21)6-19(2)12(22)18-8-3-4-10(14)9(5-8)13(15,16)17/h3-5,7H,6H2,1-2H3,(H,18,22)(H,20,21). The van der Waals surface area contributed by atoms with Gasteiger partial charge >= 0.3 is 18.2 Å². The van der Waals surface area contributed by atoms with Crippen LogP contribution in [0.4, 0.5) is 28.0 Å². The zero-order valence-electron chi connectivity index (χ0n) is 11.7. The Labute approximate surface area is 123 Å². The van der Waals surface area contributed by atoms with Gasteiger partial charge in [0.25, 0.3) is 0 Å². The molecule has 2 N–H and O–H groups in total. The Morgan fingerprint density at radius 3 is 2.45 bits per heavy atom. The number of nitrogens with zero attached hydrogens (tertiary/aromatic N) is 1. The highest BCUT2D eigenvalue weighted by Gasteiger charge is 2.34. The van der Waals surface area contributed by atoms with Crippen LogP contribution in [0.5, 0.6) is 0 Å². The number of nitrogens with one attached hydrogen (secondary N) is 1. The van der Waals surface area contributed by atoms with Crippen LogP contribution in [0.2, 0.25) is 0 Å². The van der Waals surface area contributed by atoms with Gasteiger partial charge in [0.05, 0.1) is 11.5 Å². The van der Waals surface area contributed by atoms with Crippen molar-refractivity contribution in [2.45, 2.75) is 13.1 Å². The van der Waals surface area contributed by atoms with Gasteiger partial charge < -0.3 is 15.3 Å². The maximum Gasteiger partial charge on any atom is 0.419 e. The number of carbonyl (C=O) groups is 2. The zero-order chi connectivity index (χ0) is 17.1. The number of halogens is 4.